The van der Waals surface area contributed by atoms with Crippen molar-refractivity contribution >= 4 is 22.9 Å². The van der Waals surface area contributed by atoms with Gasteiger partial charge in [-0.2, -0.15) is 0 Å². The quantitative estimate of drug-likeness (QED) is 0.527. The molecule has 1 aliphatic carbocycles. The van der Waals surface area contributed by atoms with Crippen LogP contribution < -0.4 is 5.32 Å². The Hall–Kier alpha value is -2.98. The van der Waals surface area contributed by atoms with Gasteiger partial charge in [0.05, 0.1) is 0 Å². The molecule has 0 spiro atoms. The van der Waals surface area contributed by atoms with Crippen LogP contribution >= 0.6 is 0 Å². The van der Waals surface area contributed by atoms with Crippen molar-refractivity contribution in [3.05, 3.63) is 83.9 Å². The predicted octanol–water partition coefficient (Wildman–Crippen LogP) is 5.11. The van der Waals surface area contributed by atoms with Crippen LogP contribution in [0.2, 0.25) is 0 Å². The van der Waals surface area contributed by atoms with Gasteiger partial charge in [-0.25, -0.2) is 0 Å². The third kappa shape index (κ3) is 3.79. The van der Waals surface area contributed by atoms with Crippen LogP contribution in [-0.4, -0.2) is 41.7 Å². The molecule has 5 atom stereocenters. The molecule has 3 heterocycles. The molecular weight excluding hydrogens is 430 g/mol. The number of fused-ring (bicyclic) bond motifs is 1. The number of hydrogen-bond acceptors (Lipinski definition) is 3. The van der Waals surface area contributed by atoms with Crippen LogP contribution in [0.4, 0.5) is 0 Å². The first kappa shape index (κ1) is 22.5. The van der Waals surface area contributed by atoms with Crippen molar-refractivity contribution in [2.24, 2.45) is 28.7 Å². The lowest BCUT2D eigenvalue weighted by Gasteiger charge is -2.51. The van der Waals surface area contributed by atoms with Gasteiger partial charge in [0.2, 0.25) is 5.91 Å². The number of carbonyl (C=O) groups is 1. The Morgan fingerprint density at radius 2 is 1.83 bits per heavy atom. The summed E-state index contributed by atoms with van der Waals surface area (Å²) in [6.45, 7) is 7.09. The van der Waals surface area contributed by atoms with Gasteiger partial charge in [0.15, 0.2) is 5.54 Å². The maximum atomic E-state index is 14.1. The first-order chi connectivity index (χ1) is 17.1. The van der Waals surface area contributed by atoms with Crippen molar-refractivity contribution in [2.45, 2.75) is 44.8 Å². The van der Waals surface area contributed by atoms with Gasteiger partial charge < -0.3 is 5.32 Å². The smallest absolute Gasteiger partial charge is 0.250 e. The standard InChI is InChI=1S/C31H35N3O/c1-21(2)19-34-20-26-16-25-18-33-31(26,29(34)28(25)15-22-9-4-3-5-10-22)30(35)32-17-24-13-8-12-23-11-6-7-14-27(23)24/h3-14,18,21,25-26,28-29H,15-17,19-20H2,1-2H3,(H,32,35). The first-order valence-corrected chi connectivity index (χ1v) is 13.1. The lowest BCUT2D eigenvalue weighted by atomic mass is 9.59. The lowest BCUT2D eigenvalue weighted by molar-refractivity contribution is -0.132. The molecule has 3 aromatic carbocycles. The fourth-order valence-corrected chi connectivity index (χ4v) is 7.17. The van der Waals surface area contributed by atoms with Crippen molar-refractivity contribution in [1.29, 1.82) is 0 Å². The van der Waals surface area contributed by atoms with Gasteiger partial charge >= 0.3 is 0 Å². The minimum atomic E-state index is -0.673. The number of aliphatic imine (C=N–C) groups is 1. The summed E-state index contributed by atoms with van der Waals surface area (Å²) in [6.07, 6.45) is 4.20. The third-order valence-corrected chi connectivity index (χ3v) is 8.51. The SMILES string of the molecule is CC(C)CN1CC2CC3C=NC2(C(=O)NCc2cccc4ccccc24)C1C3Cc1ccccc1. The van der Waals surface area contributed by atoms with Crippen molar-refractivity contribution in [3.8, 4) is 0 Å². The van der Waals surface area contributed by atoms with Gasteiger partial charge in [-0.3, -0.25) is 14.7 Å². The van der Waals surface area contributed by atoms with E-state index in [2.05, 4.69) is 103 Å². The molecule has 4 aliphatic rings. The van der Waals surface area contributed by atoms with Gasteiger partial charge in [-0.05, 0) is 52.5 Å². The van der Waals surface area contributed by atoms with E-state index < -0.39 is 5.54 Å². The van der Waals surface area contributed by atoms with E-state index in [1.807, 2.05) is 0 Å². The van der Waals surface area contributed by atoms with Gasteiger partial charge in [-0.1, -0.05) is 86.6 Å². The lowest BCUT2D eigenvalue weighted by Crippen LogP contribution is -2.66. The number of rotatable bonds is 7. The van der Waals surface area contributed by atoms with Gasteiger partial charge in [0.1, 0.15) is 0 Å². The number of nitrogens with zero attached hydrogens (tertiary/aromatic N) is 2. The summed E-state index contributed by atoms with van der Waals surface area (Å²) in [5.74, 6) is 1.83. The Morgan fingerprint density at radius 1 is 1.06 bits per heavy atom. The van der Waals surface area contributed by atoms with Crippen LogP contribution in [0.25, 0.3) is 10.8 Å². The Balaban J connectivity index is 1.31. The van der Waals surface area contributed by atoms with Crippen LogP contribution in [0, 0.1) is 23.7 Å². The van der Waals surface area contributed by atoms with E-state index in [0.717, 1.165) is 31.5 Å². The highest BCUT2D eigenvalue weighted by Gasteiger charge is 2.67. The third-order valence-electron chi connectivity index (χ3n) is 8.51. The zero-order chi connectivity index (χ0) is 24.0. The summed E-state index contributed by atoms with van der Waals surface area (Å²) < 4.78 is 0. The molecule has 0 aromatic heterocycles. The predicted molar refractivity (Wildman–Crippen MR) is 142 cm³/mol. The highest BCUT2D eigenvalue weighted by atomic mass is 16.2. The highest BCUT2D eigenvalue weighted by Crippen LogP contribution is 2.54. The fourth-order valence-electron chi connectivity index (χ4n) is 7.17. The largest absolute Gasteiger partial charge is 0.350 e. The number of amides is 1. The normalized spacial score (nSPS) is 29.2. The zero-order valence-electron chi connectivity index (χ0n) is 20.7. The van der Waals surface area contributed by atoms with E-state index in [1.165, 1.54) is 16.3 Å². The van der Waals surface area contributed by atoms with Gasteiger partial charge in [0.25, 0.3) is 0 Å². The van der Waals surface area contributed by atoms with E-state index in [0.29, 0.717) is 30.2 Å². The summed E-state index contributed by atoms with van der Waals surface area (Å²) in [6, 6.07) is 25.7. The van der Waals surface area contributed by atoms with E-state index >= 15 is 0 Å². The number of benzene rings is 3. The average molecular weight is 466 g/mol. The van der Waals surface area contributed by atoms with E-state index in [1.54, 1.807) is 0 Å². The summed E-state index contributed by atoms with van der Waals surface area (Å²) >= 11 is 0. The maximum absolute atomic E-state index is 14.1. The molecule has 4 bridgehead atoms. The molecule has 35 heavy (non-hydrogen) atoms. The topological polar surface area (TPSA) is 44.7 Å². The van der Waals surface area contributed by atoms with Crippen LogP contribution in [0.15, 0.2) is 77.8 Å². The molecule has 4 nitrogen and oxygen atoms in total. The summed E-state index contributed by atoms with van der Waals surface area (Å²) in [7, 11) is 0. The molecule has 1 saturated heterocycles. The van der Waals surface area contributed by atoms with Crippen LogP contribution in [0.5, 0.6) is 0 Å². The monoisotopic (exact) mass is 465 g/mol. The Kier molecular flexibility index (Phi) is 5.72. The van der Waals surface area contributed by atoms with Crippen molar-refractivity contribution in [1.82, 2.24) is 10.2 Å². The molecule has 3 aliphatic heterocycles. The number of nitrogens with one attached hydrogen (secondary N) is 1. The Morgan fingerprint density at radius 3 is 2.66 bits per heavy atom. The second kappa shape index (κ2) is 8.91. The summed E-state index contributed by atoms with van der Waals surface area (Å²) in [5, 5.41) is 5.77. The molecule has 1 N–H and O–H groups in total. The number of carbonyl (C=O) groups excluding carboxylic acids is 1. The minimum absolute atomic E-state index is 0.110. The molecule has 5 unspecified atom stereocenters. The molecule has 3 aromatic rings. The van der Waals surface area contributed by atoms with E-state index in [-0.39, 0.29) is 11.9 Å². The maximum Gasteiger partial charge on any atom is 0.250 e. The van der Waals surface area contributed by atoms with Crippen LogP contribution in [-0.2, 0) is 17.8 Å². The van der Waals surface area contributed by atoms with Crippen molar-refractivity contribution in [2.75, 3.05) is 13.1 Å². The molecule has 4 heteroatoms. The second-order valence-electron chi connectivity index (χ2n) is 11.2. The minimum Gasteiger partial charge on any atom is -0.350 e. The molecule has 0 radical (unpaired) electrons. The summed E-state index contributed by atoms with van der Waals surface area (Å²) in [4.78, 5) is 21.8. The molecule has 1 saturated carbocycles. The highest BCUT2D eigenvalue weighted by molar-refractivity contribution is 5.93. The molecular formula is C31H35N3O. The zero-order valence-corrected chi connectivity index (χ0v) is 20.7. The van der Waals surface area contributed by atoms with Crippen molar-refractivity contribution < 1.29 is 4.79 Å². The Labute approximate surface area is 208 Å². The second-order valence-corrected chi connectivity index (χ2v) is 11.2. The number of hydrogen-bond donors (Lipinski definition) is 1. The van der Waals surface area contributed by atoms with E-state index in [4.69, 9.17) is 4.99 Å². The van der Waals surface area contributed by atoms with E-state index in [9.17, 15) is 4.79 Å². The molecule has 1 amide bonds. The molecule has 7 rings (SSSR count). The van der Waals surface area contributed by atoms with Gasteiger partial charge in [0, 0.05) is 37.8 Å². The summed E-state index contributed by atoms with van der Waals surface area (Å²) in [5.41, 5.74) is 1.85. The Bertz CT molecular complexity index is 1250. The first-order valence-electron chi connectivity index (χ1n) is 13.1. The van der Waals surface area contributed by atoms with Gasteiger partial charge in [-0.15, -0.1) is 0 Å². The van der Waals surface area contributed by atoms with Crippen LogP contribution in [0.1, 0.15) is 31.4 Å². The van der Waals surface area contributed by atoms with Crippen molar-refractivity contribution in [3.63, 3.8) is 0 Å². The molecule has 180 valence electrons. The molecule has 2 fully saturated rings. The van der Waals surface area contributed by atoms with Crippen LogP contribution in [0.3, 0.4) is 0 Å². The fraction of sp³-hybridized carbons (Fsp3) is 0.419. The number of likely N-dealkylation sites (tertiary alicyclic amines) is 1. The average Bonchev–Trinajstić information content (AvgIpc) is 3.13.